The summed E-state index contributed by atoms with van der Waals surface area (Å²) in [6.45, 7) is 6.63. The summed E-state index contributed by atoms with van der Waals surface area (Å²) >= 11 is 0. The maximum Gasteiger partial charge on any atom is 0.347 e. The summed E-state index contributed by atoms with van der Waals surface area (Å²) in [6, 6.07) is 11.7. The third kappa shape index (κ3) is 3.81. The van der Waals surface area contributed by atoms with Crippen molar-refractivity contribution >= 4 is 0 Å². The molecule has 1 saturated heterocycles. The van der Waals surface area contributed by atoms with E-state index in [2.05, 4.69) is 17.1 Å². The zero-order valence-corrected chi connectivity index (χ0v) is 13.3. The summed E-state index contributed by atoms with van der Waals surface area (Å²) in [5, 5.41) is 3.37. The van der Waals surface area contributed by atoms with Gasteiger partial charge in [-0.3, -0.25) is 4.90 Å². The van der Waals surface area contributed by atoms with Crippen LogP contribution in [-0.2, 0) is 0 Å². The lowest BCUT2D eigenvalue weighted by Crippen LogP contribution is -2.50. The Hall–Kier alpha value is -2.11. The Kier molecular flexibility index (Phi) is 5.10. The van der Waals surface area contributed by atoms with E-state index in [1.165, 1.54) is 6.26 Å². The van der Waals surface area contributed by atoms with E-state index in [0.29, 0.717) is 24.0 Å². The zero-order valence-electron chi connectivity index (χ0n) is 13.3. The van der Waals surface area contributed by atoms with Gasteiger partial charge < -0.3 is 14.5 Å². The van der Waals surface area contributed by atoms with Crippen molar-refractivity contribution in [1.29, 1.82) is 0 Å². The van der Waals surface area contributed by atoms with Gasteiger partial charge >= 0.3 is 5.63 Å². The van der Waals surface area contributed by atoms with Crippen LogP contribution >= 0.6 is 0 Å². The van der Waals surface area contributed by atoms with Crippen molar-refractivity contribution in [3.05, 3.63) is 53.1 Å². The molecule has 2 heterocycles. The van der Waals surface area contributed by atoms with Crippen LogP contribution in [0.1, 0.15) is 6.92 Å². The van der Waals surface area contributed by atoms with Crippen LogP contribution in [0.5, 0.6) is 5.75 Å². The van der Waals surface area contributed by atoms with Crippen LogP contribution in [0.4, 0.5) is 0 Å². The van der Waals surface area contributed by atoms with Crippen LogP contribution in [0.2, 0.25) is 0 Å². The number of rotatable bonds is 5. The Labute approximate surface area is 135 Å². The van der Waals surface area contributed by atoms with Crippen molar-refractivity contribution in [2.45, 2.75) is 13.0 Å². The second-order valence-electron chi connectivity index (χ2n) is 5.75. The average molecular weight is 314 g/mol. The first-order valence-corrected chi connectivity index (χ1v) is 8.00. The fourth-order valence-electron chi connectivity index (χ4n) is 2.87. The third-order valence-corrected chi connectivity index (χ3v) is 4.18. The molecule has 1 aliphatic heterocycles. The Morgan fingerprint density at radius 3 is 2.91 bits per heavy atom. The van der Waals surface area contributed by atoms with E-state index in [4.69, 9.17) is 9.15 Å². The lowest BCUT2D eigenvalue weighted by molar-refractivity contribution is 0.143. The van der Waals surface area contributed by atoms with Gasteiger partial charge in [-0.1, -0.05) is 30.3 Å². The third-order valence-electron chi connectivity index (χ3n) is 4.18. The molecule has 1 aliphatic rings. The minimum absolute atomic E-state index is 0.371. The fourth-order valence-corrected chi connectivity index (χ4v) is 2.87. The van der Waals surface area contributed by atoms with Gasteiger partial charge in [-0.05, 0) is 12.5 Å². The number of hydrogen-bond acceptors (Lipinski definition) is 5. The molecule has 0 saturated carbocycles. The predicted octanol–water partition coefficient (Wildman–Crippen LogP) is 1.98. The highest BCUT2D eigenvalue weighted by Gasteiger charge is 2.18. The average Bonchev–Trinajstić information content (AvgIpc) is 2.57. The molecule has 1 atom stereocenters. The van der Waals surface area contributed by atoms with Gasteiger partial charge in [0.15, 0.2) is 0 Å². The first-order chi connectivity index (χ1) is 11.3. The van der Waals surface area contributed by atoms with E-state index >= 15 is 0 Å². The molecule has 0 amide bonds. The molecule has 0 bridgehead atoms. The predicted molar refractivity (Wildman–Crippen MR) is 89.8 cm³/mol. The molecular weight excluding hydrogens is 292 g/mol. The normalized spacial score (nSPS) is 18.7. The highest BCUT2D eigenvalue weighted by Crippen LogP contribution is 2.26. The van der Waals surface area contributed by atoms with Crippen molar-refractivity contribution in [1.82, 2.24) is 10.2 Å². The van der Waals surface area contributed by atoms with E-state index in [-0.39, 0.29) is 5.63 Å². The van der Waals surface area contributed by atoms with E-state index in [1.807, 2.05) is 30.3 Å². The zero-order chi connectivity index (χ0) is 16.1. The molecule has 122 valence electrons. The van der Waals surface area contributed by atoms with Crippen LogP contribution in [0.25, 0.3) is 11.1 Å². The van der Waals surface area contributed by atoms with Gasteiger partial charge in [0, 0.05) is 38.3 Å². The minimum atomic E-state index is -0.371. The standard InChI is InChI=1S/C18H22N2O3/c1-14-13-19-8-9-20(14)10-12-22-16-7-11-23-18(21)17(16)15-5-3-2-4-6-15/h2-7,11,14,19H,8-10,12-13H2,1H3. The fraction of sp³-hybridized carbons (Fsp3) is 0.389. The molecule has 0 spiro atoms. The smallest absolute Gasteiger partial charge is 0.347 e. The van der Waals surface area contributed by atoms with Gasteiger partial charge in [0.1, 0.15) is 17.9 Å². The monoisotopic (exact) mass is 314 g/mol. The first-order valence-electron chi connectivity index (χ1n) is 8.00. The van der Waals surface area contributed by atoms with Crippen LogP contribution < -0.4 is 15.7 Å². The van der Waals surface area contributed by atoms with Gasteiger partial charge in [-0.25, -0.2) is 4.79 Å². The summed E-state index contributed by atoms with van der Waals surface area (Å²) in [7, 11) is 0. The molecule has 3 rings (SSSR count). The molecule has 0 aliphatic carbocycles. The SMILES string of the molecule is CC1CNCCN1CCOc1ccoc(=O)c1-c1ccccc1. The molecule has 0 radical (unpaired) electrons. The molecule has 1 N–H and O–H groups in total. The van der Waals surface area contributed by atoms with Gasteiger partial charge in [0.2, 0.25) is 0 Å². The van der Waals surface area contributed by atoms with E-state index in [0.717, 1.165) is 31.7 Å². The lowest BCUT2D eigenvalue weighted by atomic mass is 10.1. The van der Waals surface area contributed by atoms with Gasteiger partial charge in [-0.2, -0.15) is 0 Å². The summed E-state index contributed by atoms with van der Waals surface area (Å²) in [4.78, 5) is 14.5. The highest BCUT2D eigenvalue weighted by molar-refractivity contribution is 5.68. The Balaban J connectivity index is 1.71. The van der Waals surface area contributed by atoms with Crippen molar-refractivity contribution in [3.63, 3.8) is 0 Å². The number of benzene rings is 1. The van der Waals surface area contributed by atoms with Crippen molar-refractivity contribution < 1.29 is 9.15 Å². The van der Waals surface area contributed by atoms with Gasteiger partial charge in [0.05, 0.1) is 6.26 Å². The van der Waals surface area contributed by atoms with Gasteiger partial charge in [-0.15, -0.1) is 0 Å². The lowest BCUT2D eigenvalue weighted by Gasteiger charge is -2.33. The Bertz CT molecular complexity index is 684. The van der Waals surface area contributed by atoms with Gasteiger partial charge in [0.25, 0.3) is 0 Å². The van der Waals surface area contributed by atoms with Crippen LogP contribution in [0.3, 0.4) is 0 Å². The van der Waals surface area contributed by atoms with Crippen molar-refractivity contribution in [3.8, 4) is 16.9 Å². The molecule has 5 heteroatoms. The number of nitrogens with zero attached hydrogens (tertiary/aromatic N) is 1. The molecule has 1 fully saturated rings. The number of piperazine rings is 1. The van der Waals surface area contributed by atoms with E-state index < -0.39 is 0 Å². The second kappa shape index (κ2) is 7.44. The summed E-state index contributed by atoms with van der Waals surface area (Å²) in [5.41, 5.74) is 0.929. The molecule has 1 unspecified atom stereocenters. The molecule has 1 aromatic heterocycles. The molecule has 2 aromatic rings. The molecule has 5 nitrogen and oxygen atoms in total. The minimum Gasteiger partial charge on any atom is -0.491 e. The van der Waals surface area contributed by atoms with Crippen LogP contribution in [-0.4, -0.2) is 43.7 Å². The number of ether oxygens (including phenoxy) is 1. The summed E-state index contributed by atoms with van der Waals surface area (Å²) < 4.78 is 10.9. The first kappa shape index (κ1) is 15.8. The topological polar surface area (TPSA) is 54.7 Å². The van der Waals surface area contributed by atoms with Crippen LogP contribution in [0.15, 0.2) is 51.9 Å². The molecule has 23 heavy (non-hydrogen) atoms. The number of hydrogen-bond donors (Lipinski definition) is 1. The quantitative estimate of drug-likeness (QED) is 0.914. The highest BCUT2D eigenvalue weighted by atomic mass is 16.5. The summed E-state index contributed by atoms with van der Waals surface area (Å²) in [5.74, 6) is 0.579. The second-order valence-corrected chi connectivity index (χ2v) is 5.75. The largest absolute Gasteiger partial charge is 0.491 e. The van der Waals surface area contributed by atoms with Crippen LogP contribution in [0, 0.1) is 0 Å². The summed E-state index contributed by atoms with van der Waals surface area (Å²) in [6.07, 6.45) is 1.39. The van der Waals surface area contributed by atoms with Crippen molar-refractivity contribution in [2.24, 2.45) is 0 Å². The maximum atomic E-state index is 12.1. The van der Waals surface area contributed by atoms with E-state index in [1.54, 1.807) is 6.07 Å². The Morgan fingerprint density at radius 2 is 2.13 bits per heavy atom. The van der Waals surface area contributed by atoms with E-state index in [9.17, 15) is 4.79 Å². The van der Waals surface area contributed by atoms with Crippen molar-refractivity contribution in [2.75, 3.05) is 32.8 Å². The number of nitrogens with one attached hydrogen (secondary N) is 1. The molecular formula is C18H22N2O3. The maximum absolute atomic E-state index is 12.1. The molecule has 1 aromatic carbocycles. The Morgan fingerprint density at radius 1 is 1.30 bits per heavy atom.